The Balaban J connectivity index is 1.64. The van der Waals surface area contributed by atoms with Gasteiger partial charge in [0.25, 0.3) is 6.17 Å². The molecule has 0 unspecified atom stereocenters. The van der Waals surface area contributed by atoms with Crippen molar-refractivity contribution in [1.82, 2.24) is 10.1 Å². The molecule has 9 heteroatoms. The number of para-hydroxylation sites is 1. The van der Waals surface area contributed by atoms with E-state index < -0.39 is 6.17 Å². The zero-order valence-electron chi connectivity index (χ0n) is 20.1. The lowest BCUT2D eigenvalue weighted by molar-refractivity contribution is -0.763. The van der Waals surface area contributed by atoms with Gasteiger partial charge in [0.15, 0.2) is 11.5 Å². The zero-order valence-corrected chi connectivity index (χ0v) is 20.9. The van der Waals surface area contributed by atoms with E-state index in [-0.39, 0.29) is 11.5 Å². The third-order valence-electron chi connectivity index (χ3n) is 6.01. The fourth-order valence-corrected chi connectivity index (χ4v) is 4.77. The molecule has 0 aliphatic carbocycles. The topological polar surface area (TPSA) is 88.4 Å². The van der Waals surface area contributed by atoms with Crippen LogP contribution in [0.2, 0.25) is 0 Å². The Morgan fingerprint density at radius 1 is 1.08 bits per heavy atom. The van der Waals surface area contributed by atoms with E-state index in [2.05, 4.69) is 4.98 Å². The molecule has 182 valence electrons. The van der Waals surface area contributed by atoms with E-state index in [9.17, 15) is 9.59 Å². The molecule has 4 aromatic rings. The Morgan fingerprint density at radius 2 is 1.83 bits per heavy atom. The van der Waals surface area contributed by atoms with Gasteiger partial charge < -0.3 is 9.47 Å². The number of aromatic amines is 1. The largest absolute Gasteiger partial charge is 0.493 e. The van der Waals surface area contributed by atoms with Gasteiger partial charge in [-0.05, 0) is 46.8 Å². The number of nitrogens with one attached hydrogen (secondary N) is 1. The summed E-state index contributed by atoms with van der Waals surface area (Å²) >= 11 is 1.32. The fourth-order valence-electron chi connectivity index (χ4n) is 4.40. The van der Waals surface area contributed by atoms with Crippen LogP contribution < -0.4 is 24.6 Å². The highest BCUT2D eigenvalue weighted by Crippen LogP contribution is 2.39. The number of fused-ring (bicyclic) bond motifs is 3. The van der Waals surface area contributed by atoms with Gasteiger partial charge in [-0.1, -0.05) is 54.2 Å². The predicted molar refractivity (Wildman–Crippen MR) is 137 cm³/mol. The first-order chi connectivity index (χ1) is 17.5. The second kappa shape index (κ2) is 9.87. The summed E-state index contributed by atoms with van der Waals surface area (Å²) in [6.45, 7) is 1.89. The van der Waals surface area contributed by atoms with Crippen LogP contribution in [-0.2, 0) is 11.4 Å². The lowest BCUT2D eigenvalue weighted by Crippen LogP contribution is -2.60. The number of hydrogen-bond acceptors (Lipinski definition) is 6. The summed E-state index contributed by atoms with van der Waals surface area (Å²) in [5.41, 5.74) is 3.15. The molecular weight excluding hydrogens is 476 g/mol. The molecule has 0 spiro atoms. The van der Waals surface area contributed by atoms with Gasteiger partial charge >= 0.3 is 11.3 Å². The fraction of sp³-hybridized carbons (Fsp3) is 0.185. The Labute approximate surface area is 212 Å². The molecule has 2 heterocycles. The highest BCUT2D eigenvalue weighted by atomic mass is 32.2. The molecule has 0 bridgehead atoms. The minimum atomic E-state index is -0.697. The number of thioether (sulfide) groups is 1. The zero-order chi connectivity index (χ0) is 25.2. The Bertz CT molecular complexity index is 1490. The Kier molecular flexibility index (Phi) is 6.47. The van der Waals surface area contributed by atoms with Crippen LogP contribution in [0.15, 0.2) is 82.7 Å². The standard InChI is InChI=1S/C27H24N4O4S/c1-17(32)30-21-12-8-7-11-20(21)24-25(33)28-27(36-3)29-31(24)26(30)19-13-14-22(23(15-19)34-2)35-16-18-9-5-4-6-10-18/h4-15,26H,16H2,1-3H3/p+1/t26-/m0/s1. The molecule has 1 amide bonds. The van der Waals surface area contributed by atoms with Crippen molar-refractivity contribution in [2.75, 3.05) is 18.3 Å². The molecule has 0 radical (unpaired) electrons. The average Bonchev–Trinajstić information content (AvgIpc) is 2.91. The summed E-state index contributed by atoms with van der Waals surface area (Å²) in [6.07, 6.45) is 1.14. The molecule has 0 saturated carbocycles. The third-order valence-corrected chi connectivity index (χ3v) is 6.58. The quantitative estimate of drug-likeness (QED) is 0.318. The molecule has 1 N–H and O–H groups in total. The second-order valence-corrected chi connectivity index (χ2v) is 9.02. The van der Waals surface area contributed by atoms with Gasteiger partial charge in [-0.25, -0.2) is 4.90 Å². The van der Waals surface area contributed by atoms with E-state index in [1.807, 2.05) is 79.1 Å². The summed E-state index contributed by atoms with van der Waals surface area (Å²) in [4.78, 5) is 30.7. The van der Waals surface area contributed by atoms with Crippen LogP contribution in [0, 0.1) is 0 Å². The molecule has 1 atom stereocenters. The number of anilines is 1. The molecule has 1 aromatic heterocycles. The first-order valence-electron chi connectivity index (χ1n) is 11.4. The molecule has 3 aromatic carbocycles. The van der Waals surface area contributed by atoms with Crippen LogP contribution in [0.4, 0.5) is 5.69 Å². The molecule has 36 heavy (non-hydrogen) atoms. The summed E-state index contributed by atoms with van der Waals surface area (Å²) in [5.74, 6) is 0.911. The highest BCUT2D eigenvalue weighted by molar-refractivity contribution is 7.98. The molecular formula is C27H25N4O4S+. The second-order valence-electron chi connectivity index (χ2n) is 8.22. The van der Waals surface area contributed by atoms with Crippen LogP contribution in [-0.4, -0.2) is 29.4 Å². The van der Waals surface area contributed by atoms with Crippen molar-refractivity contribution in [3.05, 3.63) is 94.3 Å². The number of H-pyrrole nitrogens is 1. The van der Waals surface area contributed by atoms with Crippen LogP contribution in [0.1, 0.15) is 24.2 Å². The Hall–Kier alpha value is -4.11. The van der Waals surface area contributed by atoms with E-state index in [4.69, 9.17) is 14.6 Å². The third kappa shape index (κ3) is 4.22. The molecule has 0 fully saturated rings. The van der Waals surface area contributed by atoms with Crippen molar-refractivity contribution in [2.45, 2.75) is 24.9 Å². The number of carbonyl (C=O) groups is 1. The number of carbonyl (C=O) groups excluding carboxylic acids is 1. The number of amides is 1. The summed E-state index contributed by atoms with van der Waals surface area (Å²) in [6, 6.07) is 22.7. The van der Waals surface area contributed by atoms with E-state index >= 15 is 0 Å². The van der Waals surface area contributed by atoms with E-state index in [0.717, 1.165) is 11.1 Å². The van der Waals surface area contributed by atoms with Gasteiger partial charge in [0.1, 0.15) is 6.61 Å². The van der Waals surface area contributed by atoms with Gasteiger partial charge in [0.2, 0.25) is 11.1 Å². The molecule has 5 rings (SSSR count). The number of methoxy groups -OCH3 is 1. The van der Waals surface area contributed by atoms with Gasteiger partial charge in [0.05, 0.1) is 18.4 Å². The van der Waals surface area contributed by atoms with Crippen molar-refractivity contribution in [1.29, 1.82) is 0 Å². The van der Waals surface area contributed by atoms with Crippen molar-refractivity contribution >= 4 is 23.4 Å². The molecule has 1 aliphatic rings. The van der Waals surface area contributed by atoms with Crippen LogP contribution in [0.3, 0.4) is 0 Å². The van der Waals surface area contributed by atoms with Gasteiger partial charge in [0, 0.05) is 17.6 Å². The predicted octanol–water partition coefficient (Wildman–Crippen LogP) is 3.95. The van der Waals surface area contributed by atoms with Crippen LogP contribution in [0.5, 0.6) is 11.5 Å². The first kappa shape index (κ1) is 23.6. The molecule has 1 aliphatic heterocycles. The summed E-state index contributed by atoms with van der Waals surface area (Å²) in [5, 5.41) is 5.14. The highest BCUT2D eigenvalue weighted by Gasteiger charge is 2.45. The molecule has 0 saturated heterocycles. The minimum absolute atomic E-state index is 0.179. The number of nitrogens with zero attached hydrogens (tertiary/aromatic N) is 3. The monoisotopic (exact) mass is 501 g/mol. The smallest absolute Gasteiger partial charge is 0.325 e. The average molecular weight is 502 g/mol. The maximum absolute atomic E-state index is 13.2. The van der Waals surface area contributed by atoms with Crippen LogP contribution in [0.25, 0.3) is 11.3 Å². The minimum Gasteiger partial charge on any atom is -0.493 e. The van der Waals surface area contributed by atoms with Gasteiger partial charge in [-0.15, -0.1) is 0 Å². The van der Waals surface area contributed by atoms with Gasteiger partial charge in [-0.2, -0.15) is 0 Å². The Morgan fingerprint density at radius 3 is 2.56 bits per heavy atom. The van der Waals surface area contributed by atoms with Crippen molar-refractivity contribution in [2.24, 2.45) is 0 Å². The summed E-state index contributed by atoms with van der Waals surface area (Å²) in [7, 11) is 1.57. The number of aromatic nitrogens is 3. The maximum Gasteiger partial charge on any atom is 0.325 e. The lowest BCUT2D eigenvalue weighted by atomic mass is 10.0. The molecule has 8 nitrogen and oxygen atoms in total. The van der Waals surface area contributed by atoms with E-state index in [1.54, 1.807) is 16.7 Å². The van der Waals surface area contributed by atoms with Crippen LogP contribution >= 0.6 is 11.8 Å². The van der Waals surface area contributed by atoms with E-state index in [1.165, 1.54) is 18.7 Å². The van der Waals surface area contributed by atoms with Crippen molar-refractivity contribution < 1.29 is 19.0 Å². The van der Waals surface area contributed by atoms with E-state index in [0.29, 0.717) is 40.2 Å². The SMILES string of the molecule is COc1cc([C@H]2N(C(C)=O)c3ccccc3-c3c(=O)[nH]c(SC)n[n+]32)ccc1OCc1ccccc1. The van der Waals surface area contributed by atoms with Crippen molar-refractivity contribution in [3.63, 3.8) is 0 Å². The normalized spacial score (nSPS) is 14.1. The van der Waals surface area contributed by atoms with Crippen molar-refractivity contribution in [3.8, 4) is 22.8 Å². The number of ether oxygens (including phenoxy) is 2. The maximum atomic E-state index is 13.2. The van der Waals surface area contributed by atoms with Gasteiger partial charge in [-0.3, -0.25) is 14.6 Å². The number of benzene rings is 3. The summed E-state index contributed by atoms with van der Waals surface area (Å²) < 4.78 is 13.3. The number of hydrogen-bond donors (Lipinski definition) is 1. The lowest BCUT2D eigenvalue weighted by Gasteiger charge is -2.31. The first-order valence-corrected chi connectivity index (χ1v) is 12.6. The number of rotatable bonds is 6.